The molecule has 4 rings (SSSR count). The fourth-order valence-electron chi connectivity index (χ4n) is 2.94. The average molecular weight is 348 g/mol. The van der Waals surface area contributed by atoms with Crippen molar-refractivity contribution in [3.8, 4) is 11.5 Å². The SMILES string of the molecule is O=C(NCC1CC1)[C@H]1CSCN1C(=O)c1cccc2c1OCCO2. The van der Waals surface area contributed by atoms with E-state index in [1.54, 1.807) is 34.9 Å². The molecule has 1 saturated heterocycles. The van der Waals surface area contributed by atoms with Crippen LogP contribution >= 0.6 is 11.8 Å². The lowest BCUT2D eigenvalue weighted by molar-refractivity contribution is -0.124. The van der Waals surface area contributed by atoms with Gasteiger partial charge in [-0.3, -0.25) is 9.59 Å². The zero-order valence-corrected chi connectivity index (χ0v) is 14.1. The maximum absolute atomic E-state index is 13.0. The molecule has 1 aliphatic carbocycles. The molecule has 24 heavy (non-hydrogen) atoms. The third-order valence-corrected chi connectivity index (χ3v) is 5.52. The second kappa shape index (κ2) is 6.55. The smallest absolute Gasteiger partial charge is 0.259 e. The molecule has 0 spiro atoms. The first kappa shape index (κ1) is 15.6. The minimum absolute atomic E-state index is 0.0535. The number of benzene rings is 1. The zero-order valence-electron chi connectivity index (χ0n) is 13.3. The molecule has 3 aliphatic rings. The van der Waals surface area contributed by atoms with E-state index >= 15 is 0 Å². The summed E-state index contributed by atoms with van der Waals surface area (Å²) in [6.45, 7) is 1.63. The molecular weight excluding hydrogens is 328 g/mol. The van der Waals surface area contributed by atoms with E-state index in [0.29, 0.717) is 47.8 Å². The Hall–Kier alpha value is -1.89. The minimum atomic E-state index is -0.415. The van der Waals surface area contributed by atoms with Crippen LogP contribution < -0.4 is 14.8 Å². The summed E-state index contributed by atoms with van der Waals surface area (Å²) in [4.78, 5) is 27.1. The van der Waals surface area contributed by atoms with Crippen molar-refractivity contribution < 1.29 is 19.1 Å². The van der Waals surface area contributed by atoms with E-state index in [9.17, 15) is 9.59 Å². The summed E-state index contributed by atoms with van der Waals surface area (Å²) in [6, 6.07) is 4.90. The van der Waals surface area contributed by atoms with Crippen LogP contribution in [0, 0.1) is 5.92 Å². The van der Waals surface area contributed by atoms with Crippen LogP contribution in [0.3, 0.4) is 0 Å². The fourth-order valence-corrected chi connectivity index (χ4v) is 4.10. The fraction of sp³-hybridized carbons (Fsp3) is 0.529. The number of amides is 2. The normalized spacial score (nSPS) is 22.3. The number of hydrogen-bond acceptors (Lipinski definition) is 5. The molecule has 2 fully saturated rings. The van der Waals surface area contributed by atoms with Gasteiger partial charge in [0, 0.05) is 12.3 Å². The van der Waals surface area contributed by atoms with Gasteiger partial charge in [0.25, 0.3) is 5.91 Å². The Labute approximate surface area is 144 Å². The van der Waals surface area contributed by atoms with Gasteiger partial charge in [-0.1, -0.05) is 6.07 Å². The largest absolute Gasteiger partial charge is 0.486 e. The van der Waals surface area contributed by atoms with Crippen LogP contribution in [0.25, 0.3) is 0 Å². The van der Waals surface area contributed by atoms with Gasteiger partial charge in [0.05, 0.1) is 11.4 Å². The van der Waals surface area contributed by atoms with E-state index in [2.05, 4.69) is 5.32 Å². The van der Waals surface area contributed by atoms with E-state index in [4.69, 9.17) is 9.47 Å². The van der Waals surface area contributed by atoms with Gasteiger partial charge in [-0.15, -0.1) is 11.8 Å². The highest BCUT2D eigenvalue weighted by atomic mass is 32.2. The summed E-state index contributed by atoms with van der Waals surface area (Å²) >= 11 is 1.60. The number of para-hydroxylation sites is 1. The summed E-state index contributed by atoms with van der Waals surface area (Å²) in [5.74, 6) is 2.63. The summed E-state index contributed by atoms with van der Waals surface area (Å²) in [5, 5.41) is 2.98. The first-order chi connectivity index (χ1) is 11.7. The molecule has 0 bridgehead atoms. The molecule has 6 nitrogen and oxygen atoms in total. The number of ether oxygens (including phenoxy) is 2. The molecule has 2 amide bonds. The Kier molecular flexibility index (Phi) is 4.26. The molecule has 0 unspecified atom stereocenters. The lowest BCUT2D eigenvalue weighted by Gasteiger charge is -2.26. The summed E-state index contributed by atoms with van der Waals surface area (Å²) in [5.41, 5.74) is 0.467. The van der Waals surface area contributed by atoms with E-state index in [1.807, 2.05) is 0 Å². The van der Waals surface area contributed by atoms with Gasteiger partial charge in [-0.05, 0) is 30.9 Å². The molecule has 2 heterocycles. The maximum atomic E-state index is 13.0. The van der Waals surface area contributed by atoms with Crippen molar-refractivity contribution in [3.63, 3.8) is 0 Å². The summed E-state index contributed by atoms with van der Waals surface area (Å²) < 4.78 is 11.2. The van der Waals surface area contributed by atoms with Gasteiger partial charge in [-0.25, -0.2) is 0 Å². The molecule has 1 aromatic rings. The standard InChI is InChI=1S/C17H20N2O4S/c20-16(18-8-11-4-5-11)13-9-24-10-19(13)17(21)12-2-1-3-14-15(12)23-7-6-22-14/h1-3,11,13H,4-10H2,(H,18,20)/t13-/m1/s1. The number of nitrogens with one attached hydrogen (secondary N) is 1. The lowest BCUT2D eigenvalue weighted by Crippen LogP contribution is -2.47. The van der Waals surface area contributed by atoms with Gasteiger partial charge in [0.15, 0.2) is 11.5 Å². The van der Waals surface area contributed by atoms with Crippen LogP contribution in [-0.2, 0) is 4.79 Å². The first-order valence-corrected chi connectivity index (χ1v) is 9.44. The van der Waals surface area contributed by atoms with Crippen molar-refractivity contribution in [2.75, 3.05) is 31.4 Å². The van der Waals surface area contributed by atoms with Gasteiger partial charge in [-0.2, -0.15) is 0 Å². The number of rotatable bonds is 4. The van der Waals surface area contributed by atoms with Gasteiger partial charge in [0.1, 0.15) is 19.3 Å². The molecule has 2 aliphatic heterocycles. The van der Waals surface area contributed by atoms with Crippen molar-refractivity contribution in [1.82, 2.24) is 10.2 Å². The molecule has 1 saturated carbocycles. The van der Waals surface area contributed by atoms with Crippen LogP contribution in [0.2, 0.25) is 0 Å². The van der Waals surface area contributed by atoms with E-state index < -0.39 is 6.04 Å². The Bertz CT molecular complexity index is 662. The number of carbonyl (C=O) groups is 2. The second-order valence-corrected chi connectivity index (χ2v) is 7.31. The number of hydrogen-bond donors (Lipinski definition) is 1. The zero-order chi connectivity index (χ0) is 16.5. The van der Waals surface area contributed by atoms with Crippen LogP contribution in [0.1, 0.15) is 23.2 Å². The molecule has 128 valence electrons. The van der Waals surface area contributed by atoms with Gasteiger partial charge >= 0.3 is 0 Å². The van der Waals surface area contributed by atoms with E-state index in [0.717, 1.165) is 6.54 Å². The maximum Gasteiger partial charge on any atom is 0.259 e. The molecule has 7 heteroatoms. The number of thioether (sulfide) groups is 1. The van der Waals surface area contributed by atoms with Crippen molar-refractivity contribution in [2.45, 2.75) is 18.9 Å². The highest BCUT2D eigenvalue weighted by molar-refractivity contribution is 7.99. The van der Waals surface area contributed by atoms with Gasteiger partial charge < -0.3 is 19.7 Å². The predicted molar refractivity (Wildman–Crippen MR) is 90.4 cm³/mol. The third-order valence-electron chi connectivity index (χ3n) is 4.50. The summed E-state index contributed by atoms with van der Waals surface area (Å²) in [6.07, 6.45) is 2.38. The lowest BCUT2D eigenvalue weighted by atomic mass is 10.1. The number of nitrogens with zero attached hydrogens (tertiary/aromatic N) is 1. The molecule has 1 atom stereocenters. The number of fused-ring (bicyclic) bond motifs is 1. The average Bonchev–Trinajstić information content (AvgIpc) is 3.32. The molecule has 0 radical (unpaired) electrons. The van der Waals surface area contributed by atoms with Gasteiger partial charge in [0.2, 0.25) is 5.91 Å². The van der Waals surface area contributed by atoms with Crippen molar-refractivity contribution >= 4 is 23.6 Å². The van der Waals surface area contributed by atoms with Crippen molar-refractivity contribution in [2.24, 2.45) is 5.92 Å². The van der Waals surface area contributed by atoms with Crippen LogP contribution in [0.5, 0.6) is 11.5 Å². The van der Waals surface area contributed by atoms with Crippen molar-refractivity contribution in [1.29, 1.82) is 0 Å². The van der Waals surface area contributed by atoms with Crippen LogP contribution in [0.15, 0.2) is 18.2 Å². The molecular formula is C17H20N2O4S. The van der Waals surface area contributed by atoms with Crippen molar-refractivity contribution in [3.05, 3.63) is 23.8 Å². The van der Waals surface area contributed by atoms with Crippen LogP contribution in [0.4, 0.5) is 0 Å². The Morgan fingerprint density at radius 1 is 1.25 bits per heavy atom. The Balaban J connectivity index is 1.51. The second-order valence-electron chi connectivity index (χ2n) is 6.31. The number of carbonyl (C=O) groups excluding carboxylic acids is 2. The van der Waals surface area contributed by atoms with E-state index in [1.165, 1.54) is 12.8 Å². The molecule has 1 aromatic carbocycles. The first-order valence-electron chi connectivity index (χ1n) is 8.29. The predicted octanol–water partition coefficient (Wildman–Crippen LogP) is 1.50. The molecule has 1 N–H and O–H groups in total. The van der Waals surface area contributed by atoms with E-state index in [-0.39, 0.29) is 11.8 Å². The monoisotopic (exact) mass is 348 g/mol. The minimum Gasteiger partial charge on any atom is -0.486 e. The highest BCUT2D eigenvalue weighted by Gasteiger charge is 2.37. The topological polar surface area (TPSA) is 67.9 Å². The quantitative estimate of drug-likeness (QED) is 0.893. The molecule has 0 aromatic heterocycles. The third kappa shape index (κ3) is 3.05. The Morgan fingerprint density at radius 2 is 2.08 bits per heavy atom. The highest BCUT2D eigenvalue weighted by Crippen LogP contribution is 2.36. The summed E-state index contributed by atoms with van der Waals surface area (Å²) in [7, 11) is 0. The Morgan fingerprint density at radius 3 is 2.92 bits per heavy atom. The van der Waals surface area contributed by atoms with Crippen LogP contribution in [-0.4, -0.2) is 54.1 Å².